The number of benzene rings is 2. The van der Waals surface area contributed by atoms with E-state index in [1.807, 2.05) is 54.6 Å². The Labute approximate surface area is 143 Å². The van der Waals surface area contributed by atoms with Crippen molar-refractivity contribution >= 4 is 11.6 Å². The van der Waals surface area contributed by atoms with Crippen molar-refractivity contribution in [3.63, 3.8) is 0 Å². The van der Waals surface area contributed by atoms with Crippen molar-refractivity contribution in [2.75, 3.05) is 38.7 Å². The topological polar surface area (TPSA) is 52.0 Å². The summed E-state index contributed by atoms with van der Waals surface area (Å²) in [6, 6.07) is 17.1. The zero-order valence-electron chi connectivity index (χ0n) is 14.2. The minimum atomic E-state index is -0.0314. The number of para-hydroxylation sites is 3. The van der Waals surface area contributed by atoms with Crippen molar-refractivity contribution in [1.29, 1.82) is 0 Å². The lowest BCUT2D eigenvalue weighted by molar-refractivity contribution is -0.889. The van der Waals surface area contributed by atoms with Gasteiger partial charge in [0.2, 0.25) is 0 Å². The molecule has 0 aliphatic rings. The molecule has 2 aromatic carbocycles. The fourth-order valence-electron chi connectivity index (χ4n) is 2.39. The van der Waals surface area contributed by atoms with Gasteiger partial charge in [-0.15, -0.1) is 0 Å². The van der Waals surface area contributed by atoms with E-state index >= 15 is 0 Å². The van der Waals surface area contributed by atoms with Crippen LogP contribution in [0.3, 0.4) is 0 Å². The molecule has 24 heavy (non-hydrogen) atoms. The molecule has 0 fully saturated rings. The fraction of sp³-hybridized carbons (Fsp3) is 0.316. The van der Waals surface area contributed by atoms with E-state index in [0.29, 0.717) is 24.6 Å². The summed E-state index contributed by atoms with van der Waals surface area (Å²) < 4.78 is 11.0. The molecule has 2 rings (SSSR count). The van der Waals surface area contributed by atoms with E-state index in [9.17, 15) is 4.79 Å². The lowest BCUT2D eigenvalue weighted by Gasteiger charge is -2.18. The monoisotopic (exact) mass is 329 g/mol. The molecule has 0 saturated carbocycles. The number of quaternary nitrogens is 1. The first-order chi connectivity index (χ1) is 11.7. The highest BCUT2D eigenvalue weighted by molar-refractivity contribution is 5.92. The van der Waals surface area contributed by atoms with Crippen LogP contribution in [-0.2, 0) is 4.79 Å². The third kappa shape index (κ3) is 5.59. The van der Waals surface area contributed by atoms with Crippen molar-refractivity contribution in [1.82, 2.24) is 0 Å². The van der Waals surface area contributed by atoms with Gasteiger partial charge in [0.25, 0.3) is 5.91 Å². The van der Waals surface area contributed by atoms with Crippen LogP contribution >= 0.6 is 0 Å². The summed E-state index contributed by atoms with van der Waals surface area (Å²) in [5.41, 5.74) is 0.695. The van der Waals surface area contributed by atoms with E-state index in [0.717, 1.165) is 18.8 Å². The van der Waals surface area contributed by atoms with Crippen molar-refractivity contribution in [3.05, 3.63) is 54.6 Å². The zero-order chi connectivity index (χ0) is 17.2. The Morgan fingerprint density at radius 3 is 2.50 bits per heavy atom. The summed E-state index contributed by atoms with van der Waals surface area (Å²) in [4.78, 5) is 13.4. The lowest BCUT2D eigenvalue weighted by atomic mass is 10.3. The van der Waals surface area contributed by atoms with Gasteiger partial charge in [0, 0.05) is 0 Å². The number of carbonyl (C=O) groups excluding carboxylic acids is 1. The van der Waals surface area contributed by atoms with Gasteiger partial charge in [0.05, 0.1) is 19.3 Å². The normalized spacial score (nSPS) is 11.6. The molecule has 128 valence electrons. The lowest BCUT2D eigenvalue weighted by Crippen LogP contribution is -3.13. The number of rotatable bonds is 9. The second-order valence-electron chi connectivity index (χ2n) is 5.44. The predicted octanol–water partition coefficient (Wildman–Crippen LogP) is 1.62. The maximum atomic E-state index is 12.3. The first-order valence-corrected chi connectivity index (χ1v) is 8.17. The zero-order valence-corrected chi connectivity index (χ0v) is 14.2. The first-order valence-electron chi connectivity index (χ1n) is 8.17. The van der Waals surface area contributed by atoms with Gasteiger partial charge in [0.15, 0.2) is 6.54 Å². The molecular formula is C19H25N2O3+. The van der Waals surface area contributed by atoms with Crippen LogP contribution in [0, 0.1) is 0 Å². The molecular weight excluding hydrogens is 304 g/mol. The smallest absolute Gasteiger partial charge is 0.279 e. The number of carbonyl (C=O) groups is 1. The van der Waals surface area contributed by atoms with Crippen LogP contribution in [-0.4, -0.2) is 39.3 Å². The second kappa shape index (κ2) is 9.57. The van der Waals surface area contributed by atoms with Crippen molar-refractivity contribution < 1.29 is 19.2 Å². The number of ether oxygens (including phenoxy) is 2. The maximum absolute atomic E-state index is 12.3. The van der Waals surface area contributed by atoms with Gasteiger partial charge >= 0.3 is 0 Å². The molecule has 0 radical (unpaired) electrons. The summed E-state index contributed by atoms with van der Waals surface area (Å²) >= 11 is 0. The molecule has 5 nitrogen and oxygen atoms in total. The van der Waals surface area contributed by atoms with E-state index in [1.165, 1.54) is 4.90 Å². The Morgan fingerprint density at radius 2 is 1.79 bits per heavy atom. The summed E-state index contributed by atoms with van der Waals surface area (Å²) in [6.07, 6.45) is 0. The summed E-state index contributed by atoms with van der Waals surface area (Å²) in [7, 11) is 1.59. The highest BCUT2D eigenvalue weighted by Gasteiger charge is 2.14. The van der Waals surface area contributed by atoms with Gasteiger partial charge in [-0.05, 0) is 31.2 Å². The van der Waals surface area contributed by atoms with Crippen molar-refractivity contribution in [2.45, 2.75) is 6.92 Å². The minimum Gasteiger partial charge on any atom is -0.495 e. The van der Waals surface area contributed by atoms with Crippen molar-refractivity contribution in [2.24, 2.45) is 0 Å². The molecule has 1 atom stereocenters. The molecule has 2 N–H and O–H groups in total. The average molecular weight is 329 g/mol. The van der Waals surface area contributed by atoms with Gasteiger partial charge in [-0.25, -0.2) is 0 Å². The molecule has 0 saturated heterocycles. The molecule has 5 heteroatoms. The van der Waals surface area contributed by atoms with Crippen LogP contribution in [0.2, 0.25) is 0 Å². The Kier molecular flexibility index (Phi) is 7.11. The van der Waals surface area contributed by atoms with Gasteiger partial charge in [0.1, 0.15) is 24.7 Å². The van der Waals surface area contributed by atoms with Crippen LogP contribution in [0.5, 0.6) is 11.5 Å². The Balaban J connectivity index is 1.80. The van der Waals surface area contributed by atoms with Crippen LogP contribution in [0.4, 0.5) is 5.69 Å². The van der Waals surface area contributed by atoms with Crippen LogP contribution in [0.1, 0.15) is 6.92 Å². The van der Waals surface area contributed by atoms with E-state index < -0.39 is 0 Å². The molecule has 0 spiro atoms. The molecule has 1 unspecified atom stereocenters. The molecule has 1 amide bonds. The molecule has 0 aliphatic heterocycles. The van der Waals surface area contributed by atoms with Crippen LogP contribution in [0.25, 0.3) is 0 Å². The number of likely N-dealkylation sites (N-methyl/N-ethyl adjacent to an activating group) is 1. The largest absolute Gasteiger partial charge is 0.495 e. The maximum Gasteiger partial charge on any atom is 0.279 e. The number of hydrogen-bond donors (Lipinski definition) is 2. The van der Waals surface area contributed by atoms with Crippen molar-refractivity contribution in [3.8, 4) is 11.5 Å². The Bertz CT molecular complexity index is 632. The predicted molar refractivity (Wildman–Crippen MR) is 94.8 cm³/mol. The van der Waals surface area contributed by atoms with E-state index in [4.69, 9.17) is 9.47 Å². The standard InChI is InChI=1S/C19H24N2O3/c1-3-21(13-14-24-16-9-5-4-6-10-16)15-19(22)20-17-11-7-8-12-18(17)23-2/h4-12H,3,13-15H2,1-2H3,(H,20,22)/p+1. The summed E-state index contributed by atoms with van der Waals surface area (Å²) in [5, 5.41) is 2.91. The fourth-order valence-corrected chi connectivity index (χ4v) is 2.39. The number of methoxy groups -OCH3 is 1. The summed E-state index contributed by atoms with van der Waals surface area (Å²) in [6.45, 7) is 4.66. The third-order valence-electron chi connectivity index (χ3n) is 3.76. The van der Waals surface area contributed by atoms with Crippen LogP contribution < -0.4 is 19.7 Å². The first kappa shape index (κ1) is 17.8. The van der Waals surface area contributed by atoms with E-state index in [-0.39, 0.29) is 5.91 Å². The SMILES string of the molecule is CC[NH+](CCOc1ccccc1)CC(=O)Nc1ccccc1OC. The molecule has 0 aromatic heterocycles. The number of nitrogens with one attached hydrogen (secondary N) is 2. The average Bonchev–Trinajstić information content (AvgIpc) is 2.62. The highest BCUT2D eigenvalue weighted by atomic mass is 16.5. The quantitative estimate of drug-likeness (QED) is 0.735. The molecule has 0 bridgehead atoms. The number of anilines is 1. The number of amides is 1. The highest BCUT2D eigenvalue weighted by Crippen LogP contribution is 2.22. The summed E-state index contributed by atoms with van der Waals surface area (Å²) in [5.74, 6) is 1.48. The van der Waals surface area contributed by atoms with Gasteiger partial charge in [-0.3, -0.25) is 4.79 Å². The van der Waals surface area contributed by atoms with E-state index in [1.54, 1.807) is 7.11 Å². The van der Waals surface area contributed by atoms with Gasteiger partial charge in [-0.1, -0.05) is 30.3 Å². The molecule has 2 aromatic rings. The minimum absolute atomic E-state index is 0.0314. The van der Waals surface area contributed by atoms with E-state index in [2.05, 4.69) is 12.2 Å². The van der Waals surface area contributed by atoms with Crippen LogP contribution in [0.15, 0.2) is 54.6 Å². The molecule has 0 heterocycles. The Morgan fingerprint density at radius 1 is 1.08 bits per heavy atom. The Hall–Kier alpha value is -2.53. The van der Waals surface area contributed by atoms with Gasteiger partial charge in [-0.2, -0.15) is 0 Å². The molecule has 0 aliphatic carbocycles. The third-order valence-corrected chi connectivity index (χ3v) is 3.76. The number of hydrogen-bond acceptors (Lipinski definition) is 3. The second-order valence-corrected chi connectivity index (χ2v) is 5.44. The van der Waals surface area contributed by atoms with Gasteiger partial charge < -0.3 is 19.7 Å².